The minimum absolute atomic E-state index is 0.0409. The number of para-hydroxylation sites is 1. The molecule has 0 radical (unpaired) electrons. The summed E-state index contributed by atoms with van der Waals surface area (Å²) in [4.78, 5) is 29.1. The summed E-state index contributed by atoms with van der Waals surface area (Å²) in [5.74, 6) is -0.272. The smallest absolute Gasteiger partial charge is 0.337 e. The topological polar surface area (TPSA) is 86.1 Å². The summed E-state index contributed by atoms with van der Waals surface area (Å²) in [7, 11) is 1.33. The van der Waals surface area contributed by atoms with E-state index in [9.17, 15) is 9.59 Å². The van der Waals surface area contributed by atoms with Crippen LogP contribution in [-0.2, 0) is 4.74 Å². The highest BCUT2D eigenvalue weighted by Crippen LogP contribution is 2.22. The van der Waals surface area contributed by atoms with Crippen molar-refractivity contribution in [1.82, 2.24) is 14.8 Å². The van der Waals surface area contributed by atoms with Crippen molar-refractivity contribution in [1.29, 1.82) is 0 Å². The van der Waals surface area contributed by atoms with Gasteiger partial charge in [-0.1, -0.05) is 48.5 Å². The molecule has 0 fully saturated rings. The van der Waals surface area contributed by atoms with E-state index in [-0.39, 0.29) is 5.82 Å². The second-order valence-electron chi connectivity index (χ2n) is 6.85. The molecule has 1 heterocycles. The van der Waals surface area contributed by atoms with Crippen LogP contribution >= 0.6 is 0 Å². The van der Waals surface area contributed by atoms with E-state index in [0.717, 1.165) is 16.8 Å². The Morgan fingerprint density at radius 3 is 2.26 bits per heavy atom. The highest BCUT2D eigenvalue weighted by atomic mass is 16.5. The van der Waals surface area contributed by atoms with Gasteiger partial charge in [-0.3, -0.25) is 4.79 Å². The summed E-state index contributed by atoms with van der Waals surface area (Å²) in [6, 6.07) is 24.0. The van der Waals surface area contributed by atoms with E-state index in [0.29, 0.717) is 17.1 Å². The molecular formula is C24H20N4O3. The van der Waals surface area contributed by atoms with Crippen LogP contribution in [0.3, 0.4) is 0 Å². The molecule has 3 aromatic carbocycles. The molecule has 7 heteroatoms. The zero-order valence-electron chi connectivity index (χ0n) is 17.1. The fraction of sp³-hybridized carbons (Fsp3) is 0.0833. The van der Waals surface area contributed by atoms with E-state index < -0.39 is 11.9 Å². The first-order valence-electron chi connectivity index (χ1n) is 9.65. The minimum atomic E-state index is -0.444. The zero-order valence-corrected chi connectivity index (χ0v) is 17.1. The maximum absolute atomic E-state index is 12.9. The Bertz CT molecular complexity index is 1180. The number of rotatable bonds is 5. The molecule has 0 saturated carbocycles. The number of ether oxygens (including phenoxy) is 1. The van der Waals surface area contributed by atoms with Gasteiger partial charge in [0, 0.05) is 11.3 Å². The third-order valence-electron chi connectivity index (χ3n) is 4.74. The standard InChI is InChI=1S/C24H20N4O3/c1-16-15-18(24(30)31-2)13-14-20(16)25-23(29)21-26-22(17-9-5-3-6-10-17)28(27-21)19-11-7-4-8-12-19/h3-15H,1-2H3,(H,25,29). The number of hydrogen-bond donors (Lipinski definition) is 1. The van der Waals surface area contributed by atoms with Crippen LogP contribution in [0.25, 0.3) is 17.1 Å². The number of esters is 1. The first-order chi connectivity index (χ1) is 15.1. The van der Waals surface area contributed by atoms with Gasteiger partial charge in [0.15, 0.2) is 5.82 Å². The molecule has 4 rings (SSSR count). The van der Waals surface area contributed by atoms with Gasteiger partial charge in [0.2, 0.25) is 5.82 Å². The van der Waals surface area contributed by atoms with Gasteiger partial charge in [0.05, 0.1) is 18.4 Å². The number of anilines is 1. The van der Waals surface area contributed by atoms with Gasteiger partial charge < -0.3 is 10.1 Å². The van der Waals surface area contributed by atoms with Gasteiger partial charge in [-0.15, -0.1) is 5.10 Å². The van der Waals surface area contributed by atoms with Crippen LogP contribution in [0.15, 0.2) is 78.9 Å². The monoisotopic (exact) mass is 412 g/mol. The summed E-state index contributed by atoms with van der Waals surface area (Å²) in [6.45, 7) is 1.80. The number of nitrogens with one attached hydrogen (secondary N) is 1. The Kier molecular flexibility index (Phi) is 5.57. The number of hydrogen-bond acceptors (Lipinski definition) is 5. The van der Waals surface area contributed by atoms with Gasteiger partial charge in [-0.2, -0.15) is 0 Å². The van der Waals surface area contributed by atoms with Gasteiger partial charge in [-0.25, -0.2) is 14.5 Å². The average Bonchev–Trinajstić information content (AvgIpc) is 3.27. The van der Waals surface area contributed by atoms with Crippen molar-refractivity contribution < 1.29 is 14.3 Å². The predicted octanol–water partition coefficient (Wildman–Crippen LogP) is 4.28. The molecule has 7 nitrogen and oxygen atoms in total. The van der Waals surface area contributed by atoms with E-state index >= 15 is 0 Å². The fourth-order valence-electron chi connectivity index (χ4n) is 3.16. The largest absolute Gasteiger partial charge is 0.465 e. The van der Waals surface area contributed by atoms with E-state index in [1.807, 2.05) is 60.7 Å². The van der Waals surface area contributed by atoms with Crippen LogP contribution in [0.4, 0.5) is 5.69 Å². The molecule has 0 spiro atoms. The SMILES string of the molecule is COC(=O)c1ccc(NC(=O)c2nc(-c3ccccc3)n(-c3ccccc3)n2)c(C)c1. The summed E-state index contributed by atoms with van der Waals surface area (Å²) < 4.78 is 6.38. The molecule has 4 aromatic rings. The maximum atomic E-state index is 12.9. The van der Waals surface area contributed by atoms with Crippen LogP contribution in [0.1, 0.15) is 26.5 Å². The molecule has 0 unspecified atom stereocenters. The maximum Gasteiger partial charge on any atom is 0.337 e. The van der Waals surface area contributed by atoms with Crippen molar-refractivity contribution in [2.75, 3.05) is 12.4 Å². The third kappa shape index (κ3) is 4.20. The highest BCUT2D eigenvalue weighted by Gasteiger charge is 2.19. The number of amides is 1. The molecule has 0 aliphatic rings. The molecule has 0 aliphatic heterocycles. The molecule has 1 amide bonds. The average molecular weight is 412 g/mol. The summed E-state index contributed by atoms with van der Waals surface area (Å²) in [5.41, 5.74) is 3.34. The minimum Gasteiger partial charge on any atom is -0.465 e. The van der Waals surface area contributed by atoms with E-state index in [1.165, 1.54) is 7.11 Å². The van der Waals surface area contributed by atoms with Crippen LogP contribution in [-0.4, -0.2) is 33.8 Å². The van der Waals surface area contributed by atoms with E-state index in [4.69, 9.17) is 4.74 Å². The van der Waals surface area contributed by atoms with Gasteiger partial charge in [0.1, 0.15) is 0 Å². The zero-order chi connectivity index (χ0) is 21.8. The molecule has 1 aromatic heterocycles. The lowest BCUT2D eigenvalue weighted by Gasteiger charge is -2.08. The number of benzene rings is 3. The quantitative estimate of drug-likeness (QED) is 0.495. The number of aromatic nitrogens is 3. The van der Waals surface area contributed by atoms with E-state index in [2.05, 4.69) is 15.4 Å². The highest BCUT2D eigenvalue weighted by molar-refractivity contribution is 6.02. The fourth-order valence-corrected chi connectivity index (χ4v) is 3.16. The molecule has 0 saturated heterocycles. The molecule has 0 bridgehead atoms. The summed E-state index contributed by atoms with van der Waals surface area (Å²) in [6.07, 6.45) is 0. The first-order valence-corrected chi connectivity index (χ1v) is 9.65. The lowest BCUT2D eigenvalue weighted by Crippen LogP contribution is -2.15. The van der Waals surface area contributed by atoms with Crippen molar-refractivity contribution in [2.24, 2.45) is 0 Å². The Morgan fingerprint density at radius 1 is 0.935 bits per heavy atom. The van der Waals surface area contributed by atoms with E-state index in [1.54, 1.807) is 29.8 Å². The summed E-state index contributed by atoms with van der Waals surface area (Å²) in [5, 5.41) is 7.29. The normalized spacial score (nSPS) is 10.5. The Morgan fingerprint density at radius 2 is 1.61 bits per heavy atom. The first kappa shape index (κ1) is 20.0. The van der Waals surface area contributed by atoms with Gasteiger partial charge in [-0.05, 0) is 42.8 Å². The number of carbonyl (C=O) groups excluding carboxylic acids is 2. The Balaban J connectivity index is 1.68. The van der Waals surface area contributed by atoms with Crippen molar-refractivity contribution in [3.05, 3.63) is 95.8 Å². The molecule has 0 atom stereocenters. The molecule has 1 N–H and O–H groups in total. The molecule has 0 aliphatic carbocycles. The third-order valence-corrected chi connectivity index (χ3v) is 4.74. The molecule has 31 heavy (non-hydrogen) atoms. The number of aryl methyl sites for hydroxylation is 1. The Labute approximate surface area is 179 Å². The van der Waals surface area contributed by atoms with Crippen LogP contribution in [0.5, 0.6) is 0 Å². The van der Waals surface area contributed by atoms with Crippen molar-refractivity contribution >= 4 is 17.6 Å². The van der Waals surface area contributed by atoms with Crippen LogP contribution < -0.4 is 5.32 Å². The van der Waals surface area contributed by atoms with Gasteiger partial charge >= 0.3 is 5.97 Å². The number of nitrogens with zero attached hydrogens (tertiary/aromatic N) is 3. The lowest BCUT2D eigenvalue weighted by atomic mass is 10.1. The van der Waals surface area contributed by atoms with Crippen molar-refractivity contribution in [2.45, 2.75) is 6.92 Å². The number of carbonyl (C=O) groups is 2. The number of methoxy groups -OCH3 is 1. The van der Waals surface area contributed by atoms with Crippen LogP contribution in [0, 0.1) is 6.92 Å². The second kappa shape index (κ2) is 8.62. The molecular weight excluding hydrogens is 392 g/mol. The molecule has 154 valence electrons. The van der Waals surface area contributed by atoms with Crippen molar-refractivity contribution in [3.8, 4) is 17.1 Å². The van der Waals surface area contributed by atoms with Crippen molar-refractivity contribution in [3.63, 3.8) is 0 Å². The predicted molar refractivity (Wildman–Crippen MR) is 117 cm³/mol. The lowest BCUT2D eigenvalue weighted by molar-refractivity contribution is 0.0600. The second-order valence-corrected chi connectivity index (χ2v) is 6.85. The van der Waals surface area contributed by atoms with Crippen LogP contribution in [0.2, 0.25) is 0 Å². The Hall–Kier alpha value is -4.26. The van der Waals surface area contributed by atoms with Gasteiger partial charge in [0.25, 0.3) is 5.91 Å². The summed E-state index contributed by atoms with van der Waals surface area (Å²) >= 11 is 0.